The Morgan fingerprint density at radius 2 is 2.50 bits per heavy atom. The maximum Gasteiger partial charge on any atom is 0.105 e. The molecule has 0 bridgehead atoms. The van der Waals surface area contributed by atoms with Crippen molar-refractivity contribution >= 4 is 0 Å². The van der Waals surface area contributed by atoms with E-state index >= 15 is 0 Å². The second-order valence-electron chi connectivity index (χ2n) is 4.81. The molecule has 0 spiro atoms. The third-order valence-electron chi connectivity index (χ3n) is 3.44. The zero-order valence-corrected chi connectivity index (χ0v) is 10.7. The molecule has 0 amide bonds. The third kappa shape index (κ3) is 3.08. The van der Waals surface area contributed by atoms with E-state index in [0.29, 0.717) is 32.7 Å². The number of hydrogen-bond donors (Lipinski definition) is 3. The molecular weight excluding hydrogens is 234 g/mol. The van der Waals surface area contributed by atoms with E-state index in [1.54, 1.807) is 10.9 Å². The summed E-state index contributed by atoms with van der Waals surface area (Å²) in [4.78, 5) is 0. The topological polar surface area (TPSA) is 79.5 Å². The smallest absolute Gasteiger partial charge is 0.105 e. The first-order chi connectivity index (χ1) is 8.64. The van der Waals surface area contributed by atoms with Crippen LogP contribution in [0.25, 0.3) is 0 Å². The molecule has 1 aromatic rings. The van der Waals surface area contributed by atoms with Crippen LogP contribution in [0.1, 0.15) is 18.9 Å². The zero-order chi connectivity index (χ0) is 13.0. The summed E-state index contributed by atoms with van der Waals surface area (Å²) in [7, 11) is 0. The fraction of sp³-hybridized carbons (Fsp3) is 0.750. The van der Waals surface area contributed by atoms with Gasteiger partial charge < -0.3 is 20.3 Å². The Bertz CT molecular complexity index is 382. The second-order valence-corrected chi connectivity index (χ2v) is 4.81. The van der Waals surface area contributed by atoms with E-state index in [0.717, 1.165) is 5.56 Å². The van der Waals surface area contributed by atoms with Crippen molar-refractivity contribution in [3.63, 3.8) is 0 Å². The van der Waals surface area contributed by atoms with Gasteiger partial charge in [-0.2, -0.15) is 5.10 Å². The van der Waals surface area contributed by atoms with Crippen molar-refractivity contribution < 1.29 is 14.9 Å². The van der Waals surface area contributed by atoms with Gasteiger partial charge in [-0.15, -0.1) is 0 Å². The van der Waals surface area contributed by atoms with Crippen LogP contribution in [0.3, 0.4) is 0 Å². The van der Waals surface area contributed by atoms with Gasteiger partial charge in [0.15, 0.2) is 0 Å². The number of nitrogens with one attached hydrogen (secondary N) is 1. The summed E-state index contributed by atoms with van der Waals surface area (Å²) in [5.41, 5.74) is 0.278. The quantitative estimate of drug-likeness (QED) is 0.639. The number of ether oxygens (including phenoxy) is 1. The van der Waals surface area contributed by atoms with E-state index < -0.39 is 5.60 Å². The summed E-state index contributed by atoms with van der Waals surface area (Å²) >= 11 is 0. The Morgan fingerprint density at radius 3 is 3.17 bits per heavy atom. The summed E-state index contributed by atoms with van der Waals surface area (Å²) in [6.07, 6.45) is 4.20. The van der Waals surface area contributed by atoms with Crippen LogP contribution in [0.15, 0.2) is 12.4 Å². The number of rotatable bonds is 6. The molecule has 0 aromatic carbocycles. The molecule has 2 heterocycles. The third-order valence-corrected chi connectivity index (χ3v) is 3.44. The van der Waals surface area contributed by atoms with Crippen LogP contribution >= 0.6 is 0 Å². The van der Waals surface area contributed by atoms with E-state index in [-0.39, 0.29) is 12.7 Å². The SMILES string of the molecule is CC1OCCC1(O)CNCc1cnn(CCO)c1. The average Bonchev–Trinajstić information content (AvgIpc) is 2.89. The molecular formula is C12H21N3O3. The molecule has 1 aliphatic heterocycles. The molecule has 2 atom stereocenters. The van der Waals surface area contributed by atoms with Crippen LogP contribution in [0, 0.1) is 0 Å². The summed E-state index contributed by atoms with van der Waals surface area (Å²) in [6, 6.07) is 0. The van der Waals surface area contributed by atoms with Gasteiger partial charge in [0.05, 0.1) is 25.5 Å². The highest BCUT2D eigenvalue weighted by Crippen LogP contribution is 2.24. The molecule has 0 radical (unpaired) electrons. The maximum atomic E-state index is 10.3. The Hall–Kier alpha value is -0.950. The van der Waals surface area contributed by atoms with Gasteiger partial charge in [-0.1, -0.05) is 0 Å². The van der Waals surface area contributed by atoms with Gasteiger partial charge in [-0.3, -0.25) is 4.68 Å². The minimum Gasteiger partial charge on any atom is -0.394 e. The Labute approximate surface area is 107 Å². The number of nitrogens with zero attached hydrogens (tertiary/aromatic N) is 2. The molecule has 1 saturated heterocycles. The standard InChI is InChI=1S/C12H21N3O3/c1-10-12(17,2-5-18-10)9-13-6-11-7-14-15(8-11)3-4-16/h7-8,10,13,16-17H,2-6,9H2,1H3. The lowest BCUT2D eigenvalue weighted by Crippen LogP contribution is -2.45. The van der Waals surface area contributed by atoms with Crippen molar-refractivity contribution in [3.05, 3.63) is 18.0 Å². The lowest BCUT2D eigenvalue weighted by atomic mass is 9.97. The van der Waals surface area contributed by atoms with Crippen LogP contribution < -0.4 is 5.32 Å². The fourth-order valence-corrected chi connectivity index (χ4v) is 2.15. The van der Waals surface area contributed by atoms with Crippen molar-refractivity contribution in [2.45, 2.75) is 38.1 Å². The lowest BCUT2D eigenvalue weighted by molar-refractivity contribution is -0.0262. The van der Waals surface area contributed by atoms with Gasteiger partial charge in [0, 0.05) is 37.9 Å². The molecule has 1 aliphatic rings. The van der Waals surface area contributed by atoms with Crippen LogP contribution in [0.5, 0.6) is 0 Å². The highest BCUT2D eigenvalue weighted by Gasteiger charge is 2.38. The molecule has 6 nitrogen and oxygen atoms in total. The van der Waals surface area contributed by atoms with Crippen molar-refractivity contribution in [1.82, 2.24) is 15.1 Å². The molecule has 3 N–H and O–H groups in total. The molecule has 0 saturated carbocycles. The largest absolute Gasteiger partial charge is 0.394 e. The predicted octanol–water partition coefficient (Wildman–Crippen LogP) is -0.495. The van der Waals surface area contributed by atoms with Gasteiger partial charge in [0.1, 0.15) is 5.60 Å². The summed E-state index contributed by atoms with van der Waals surface area (Å²) in [6.45, 7) is 4.28. The number of aliphatic hydroxyl groups excluding tert-OH is 1. The molecule has 18 heavy (non-hydrogen) atoms. The van der Waals surface area contributed by atoms with E-state index in [9.17, 15) is 5.11 Å². The summed E-state index contributed by atoms with van der Waals surface area (Å²) < 4.78 is 7.07. The molecule has 0 aliphatic carbocycles. The van der Waals surface area contributed by atoms with Gasteiger partial charge in [0.25, 0.3) is 0 Å². The molecule has 2 unspecified atom stereocenters. The highest BCUT2D eigenvalue weighted by molar-refractivity contribution is 5.04. The highest BCUT2D eigenvalue weighted by atomic mass is 16.5. The van der Waals surface area contributed by atoms with Gasteiger partial charge in [-0.05, 0) is 6.92 Å². The summed E-state index contributed by atoms with van der Waals surface area (Å²) in [5, 5.41) is 26.4. The first-order valence-electron chi connectivity index (χ1n) is 6.31. The predicted molar refractivity (Wildman–Crippen MR) is 66.0 cm³/mol. The van der Waals surface area contributed by atoms with Crippen molar-refractivity contribution in [2.24, 2.45) is 0 Å². The van der Waals surface area contributed by atoms with Gasteiger partial charge in [-0.25, -0.2) is 0 Å². The minimum absolute atomic E-state index is 0.0865. The van der Waals surface area contributed by atoms with Crippen LogP contribution in [0.4, 0.5) is 0 Å². The van der Waals surface area contributed by atoms with E-state index in [2.05, 4.69) is 10.4 Å². The van der Waals surface area contributed by atoms with E-state index in [4.69, 9.17) is 9.84 Å². The Balaban J connectivity index is 1.77. The summed E-state index contributed by atoms with van der Waals surface area (Å²) in [5.74, 6) is 0. The van der Waals surface area contributed by atoms with E-state index in [1.165, 1.54) is 0 Å². The minimum atomic E-state index is -0.763. The molecule has 2 rings (SSSR count). The van der Waals surface area contributed by atoms with Crippen LogP contribution in [0.2, 0.25) is 0 Å². The molecule has 1 fully saturated rings. The van der Waals surface area contributed by atoms with Crippen molar-refractivity contribution in [3.8, 4) is 0 Å². The van der Waals surface area contributed by atoms with Gasteiger partial charge in [0.2, 0.25) is 0 Å². The average molecular weight is 255 g/mol. The molecule has 1 aromatic heterocycles. The normalized spacial score (nSPS) is 27.8. The fourth-order valence-electron chi connectivity index (χ4n) is 2.15. The first-order valence-corrected chi connectivity index (χ1v) is 6.31. The van der Waals surface area contributed by atoms with Crippen LogP contribution in [-0.4, -0.2) is 51.5 Å². The first kappa shape index (κ1) is 13.5. The monoisotopic (exact) mass is 255 g/mol. The van der Waals surface area contributed by atoms with Crippen molar-refractivity contribution in [1.29, 1.82) is 0 Å². The lowest BCUT2D eigenvalue weighted by Gasteiger charge is -2.26. The molecule has 102 valence electrons. The zero-order valence-electron chi connectivity index (χ0n) is 10.7. The number of aliphatic hydroxyl groups is 2. The second kappa shape index (κ2) is 5.79. The van der Waals surface area contributed by atoms with Crippen LogP contribution in [-0.2, 0) is 17.8 Å². The Kier molecular flexibility index (Phi) is 4.34. The number of hydrogen-bond acceptors (Lipinski definition) is 5. The van der Waals surface area contributed by atoms with Crippen molar-refractivity contribution in [2.75, 3.05) is 19.8 Å². The van der Waals surface area contributed by atoms with E-state index in [1.807, 2.05) is 13.1 Å². The Morgan fingerprint density at radius 1 is 1.67 bits per heavy atom. The molecule has 6 heteroatoms. The number of aromatic nitrogens is 2. The maximum absolute atomic E-state index is 10.3. The van der Waals surface area contributed by atoms with Gasteiger partial charge >= 0.3 is 0 Å².